The number of amides is 2. The molecule has 0 bridgehead atoms. The van der Waals surface area contributed by atoms with Gasteiger partial charge in [-0.25, -0.2) is 0 Å². The van der Waals surface area contributed by atoms with Crippen LogP contribution in [-0.2, 0) is 4.79 Å². The van der Waals surface area contributed by atoms with Crippen LogP contribution < -0.4 is 10.6 Å². The van der Waals surface area contributed by atoms with Crippen molar-refractivity contribution in [2.45, 2.75) is 13.0 Å². The Hall–Kier alpha value is -2.67. The second-order valence-corrected chi connectivity index (χ2v) is 5.59. The van der Waals surface area contributed by atoms with Gasteiger partial charge in [0.1, 0.15) is 6.04 Å². The molecule has 2 heterocycles. The summed E-state index contributed by atoms with van der Waals surface area (Å²) in [5.74, 6) is -0.656. The number of carbonyl (C=O) groups is 2. The van der Waals surface area contributed by atoms with Crippen molar-refractivity contribution in [3.63, 3.8) is 0 Å². The number of aromatic amines is 1. The van der Waals surface area contributed by atoms with Crippen molar-refractivity contribution < 1.29 is 9.59 Å². The molecular formula is C15H14N4O2S. The van der Waals surface area contributed by atoms with Gasteiger partial charge in [0.2, 0.25) is 5.91 Å². The van der Waals surface area contributed by atoms with Crippen LogP contribution in [0, 0.1) is 0 Å². The molecular weight excluding hydrogens is 300 g/mol. The molecule has 0 spiro atoms. The Morgan fingerprint density at radius 2 is 2.09 bits per heavy atom. The van der Waals surface area contributed by atoms with Gasteiger partial charge in [-0.2, -0.15) is 16.4 Å². The summed E-state index contributed by atoms with van der Waals surface area (Å²) in [7, 11) is 0. The Labute approximate surface area is 130 Å². The summed E-state index contributed by atoms with van der Waals surface area (Å²) < 4.78 is 0. The first-order chi connectivity index (χ1) is 10.6. The molecule has 0 saturated heterocycles. The molecule has 22 heavy (non-hydrogen) atoms. The third kappa shape index (κ3) is 2.84. The molecule has 0 aliphatic carbocycles. The topological polar surface area (TPSA) is 86.9 Å². The predicted molar refractivity (Wildman–Crippen MR) is 86.0 cm³/mol. The summed E-state index contributed by atoms with van der Waals surface area (Å²) in [6.07, 6.45) is 0. The zero-order chi connectivity index (χ0) is 15.5. The van der Waals surface area contributed by atoms with Gasteiger partial charge in [-0.05, 0) is 24.4 Å². The smallest absolute Gasteiger partial charge is 0.273 e. The predicted octanol–water partition coefficient (Wildman–Crippen LogP) is 2.38. The van der Waals surface area contributed by atoms with Crippen molar-refractivity contribution in [2.75, 3.05) is 5.32 Å². The molecule has 2 aromatic heterocycles. The Bertz CT molecular complexity index is 810. The van der Waals surface area contributed by atoms with E-state index >= 15 is 0 Å². The van der Waals surface area contributed by atoms with E-state index in [0.717, 1.165) is 16.6 Å². The first-order valence-corrected chi connectivity index (χ1v) is 7.66. The molecule has 3 aromatic rings. The van der Waals surface area contributed by atoms with E-state index in [1.165, 1.54) is 11.3 Å². The number of rotatable bonds is 4. The Kier molecular flexibility index (Phi) is 3.88. The number of para-hydroxylation sites is 1. The van der Waals surface area contributed by atoms with Gasteiger partial charge in [0, 0.05) is 10.8 Å². The number of thiophene rings is 1. The summed E-state index contributed by atoms with van der Waals surface area (Å²) in [5, 5.41) is 16.6. The number of aromatic nitrogens is 2. The van der Waals surface area contributed by atoms with Crippen LogP contribution in [-0.4, -0.2) is 28.1 Å². The first kappa shape index (κ1) is 14.3. The van der Waals surface area contributed by atoms with Gasteiger partial charge in [0.05, 0.1) is 11.2 Å². The van der Waals surface area contributed by atoms with Crippen LogP contribution in [0.1, 0.15) is 17.4 Å². The highest BCUT2D eigenvalue weighted by molar-refractivity contribution is 7.08. The largest absolute Gasteiger partial charge is 0.339 e. The molecule has 6 nitrogen and oxygen atoms in total. The number of anilines is 1. The number of fused-ring (bicyclic) bond motifs is 1. The molecule has 0 aliphatic rings. The van der Waals surface area contributed by atoms with Crippen molar-refractivity contribution in [3.8, 4) is 0 Å². The molecule has 1 aromatic carbocycles. The maximum atomic E-state index is 12.3. The lowest BCUT2D eigenvalue weighted by Crippen LogP contribution is -2.41. The van der Waals surface area contributed by atoms with Crippen LogP contribution >= 0.6 is 11.3 Å². The second-order valence-electron chi connectivity index (χ2n) is 4.81. The highest BCUT2D eigenvalue weighted by Crippen LogP contribution is 2.15. The van der Waals surface area contributed by atoms with E-state index in [1.807, 2.05) is 35.0 Å². The maximum absolute atomic E-state index is 12.3. The van der Waals surface area contributed by atoms with Crippen molar-refractivity contribution in [1.29, 1.82) is 0 Å². The number of benzene rings is 1. The quantitative estimate of drug-likeness (QED) is 0.691. The molecule has 0 aliphatic heterocycles. The summed E-state index contributed by atoms with van der Waals surface area (Å²) in [6, 6.07) is 8.48. The molecule has 3 rings (SSSR count). The van der Waals surface area contributed by atoms with Gasteiger partial charge in [-0.3, -0.25) is 14.7 Å². The highest BCUT2D eigenvalue weighted by Gasteiger charge is 2.20. The van der Waals surface area contributed by atoms with Crippen molar-refractivity contribution in [1.82, 2.24) is 15.5 Å². The summed E-state index contributed by atoms with van der Waals surface area (Å²) in [6.45, 7) is 1.63. The fraction of sp³-hybridized carbons (Fsp3) is 0.133. The second kappa shape index (κ2) is 5.98. The van der Waals surface area contributed by atoms with Gasteiger partial charge in [0.25, 0.3) is 5.91 Å². The maximum Gasteiger partial charge on any atom is 0.273 e. The minimum absolute atomic E-state index is 0.272. The minimum Gasteiger partial charge on any atom is -0.339 e. The number of hydrogen-bond donors (Lipinski definition) is 3. The van der Waals surface area contributed by atoms with E-state index < -0.39 is 6.04 Å². The average Bonchev–Trinajstić information content (AvgIpc) is 3.15. The lowest BCUT2D eigenvalue weighted by Gasteiger charge is -2.12. The fourth-order valence-corrected chi connectivity index (χ4v) is 2.64. The van der Waals surface area contributed by atoms with E-state index in [2.05, 4.69) is 20.8 Å². The van der Waals surface area contributed by atoms with Gasteiger partial charge in [-0.1, -0.05) is 18.2 Å². The summed E-state index contributed by atoms with van der Waals surface area (Å²) in [4.78, 5) is 24.3. The van der Waals surface area contributed by atoms with Crippen molar-refractivity contribution in [3.05, 3.63) is 46.8 Å². The number of H-pyrrole nitrogens is 1. The molecule has 1 atom stereocenters. The van der Waals surface area contributed by atoms with Gasteiger partial charge in [0.15, 0.2) is 5.69 Å². The normalized spacial score (nSPS) is 12.0. The Morgan fingerprint density at radius 3 is 2.86 bits per heavy atom. The Balaban J connectivity index is 1.69. The molecule has 0 fully saturated rings. The molecule has 0 unspecified atom stereocenters. The van der Waals surface area contributed by atoms with E-state index in [4.69, 9.17) is 0 Å². The molecule has 112 valence electrons. The van der Waals surface area contributed by atoms with Crippen LogP contribution in [0.2, 0.25) is 0 Å². The van der Waals surface area contributed by atoms with Crippen LogP contribution in [0.15, 0.2) is 41.1 Å². The molecule has 3 N–H and O–H groups in total. The van der Waals surface area contributed by atoms with Crippen LogP contribution in [0.4, 0.5) is 5.69 Å². The van der Waals surface area contributed by atoms with Crippen LogP contribution in [0.3, 0.4) is 0 Å². The molecule has 0 radical (unpaired) electrons. The van der Waals surface area contributed by atoms with Crippen molar-refractivity contribution >= 4 is 39.7 Å². The molecule has 0 saturated carbocycles. The zero-order valence-electron chi connectivity index (χ0n) is 11.8. The van der Waals surface area contributed by atoms with Crippen LogP contribution in [0.25, 0.3) is 10.9 Å². The Morgan fingerprint density at radius 1 is 1.27 bits per heavy atom. The van der Waals surface area contributed by atoms with E-state index in [-0.39, 0.29) is 17.5 Å². The average molecular weight is 314 g/mol. The van der Waals surface area contributed by atoms with Gasteiger partial charge in [-0.15, -0.1) is 0 Å². The standard InChI is InChI=1S/C15H14N4O2S/c1-9(14(20)17-10-6-7-22-8-10)16-15(21)13-11-4-2-3-5-12(11)18-19-13/h2-9H,1H3,(H,16,21)(H,17,20)(H,18,19)/t9-/m1/s1. The van der Waals surface area contributed by atoms with E-state index in [0.29, 0.717) is 0 Å². The fourth-order valence-electron chi connectivity index (χ4n) is 2.05. The number of hydrogen-bond acceptors (Lipinski definition) is 4. The van der Waals surface area contributed by atoms with Gasteiger partial charge < -0.3 is 10.6 Å². The minimum atomic E-state index is -0.664. The first-order valence-electron chi connectivity index (χ1n) is 6.72. The SMILES string of the molecule is C[C@@H](NC(=O)c1n[nH]c2ccccc12)C(=O)Nc1ccsc1. The van der Waals surface area contributed by atoms with E-state index in [9.17, 15) is 9.59 Å². The van der Waals surface area contributed by atoms with Crippen molar-refractivity contribution in [2.24, 2.45) is 0 Å². The van der Waals surface area contributed by atoms with E-state index in [1.54, 1.807) is 13.0 Å². The number of nitrogens with one attached hydrogen (secondary N) is 3. The summed E-state index contributed by atoms with van der Waals surface area (Å²) in [5.41, 5.74) is 1.79. The molecule has 7 heteroatoms. The summed E-state index contributed by atoms with van der Waals surface area (Å²) >= 11 is 1.49. The number of nitrogens with zero attached hydrogens (tertiary/aromatic N) is 1. The third-order valence-electron chi connectivity index (χ3n) is 3.22. The zero-order valence-corrected chi connectivity index (χ0v) is 12.6. The highest BCUT2D eigenvalue weighted by atomic mass is 32.1. The monoisotopic (exact) mass is 314 g/mol. The van der Waals surface area contributed by atoms with Gasteiger partial charge >= 0.3 is 0 Å². The van der Waals surface area contributed by atoms with Crippen LogP contribution in [0.5, 0.6) is 0 Å². The number of carbonyl (C=O) groups excluding carboxylic acids is 2. The lowest BCUT2D eigenvalue weighted by molar-refractivity contribution is -0.117. The third-order valence-corrected chi connectivity index (χ3v) is 3.90. The lowest BCUT2D eigenvalue weighted by atomic mass is 10.2. The molecule has 2 amide bonds.